The quantitative estimate of drug-likeness (QED) is 0.498. The minimum Gasteiger partial charge on any atom is -0.467 e. The van der Waals surface area contributed by atoms with E-state index in [1.165, 1.54) is 13.2 Å². The zero-order valence-corrected chi connectivity index (χ0v) is 8.14. The van der Waals surface area contributed by atoms with Crippen LogP contribution in [-0.4, -0.2) is 41.8 Å². The summed E-state index contributed by atoms with van der Waals surface area (Å²) >= 11 is 0. The minimum atomic E-state index is -1.19. The number of ether oxygens (including phenoxy) is 1. The Morgan fingerprint density at radius 2 is 2.40 bits per heavy atom. The van der Waals surface area contributed by atoms with E-state index in [1.807, 2.05) is 6.07 Å². The highest BCUT2D eigenvalue weighted by Crippen LogP contribution is 2.23. The largest absolute Gasteiger partial charge is 0.467 e. The van der Waals surface area contributed by atoms with Gasteiger partial charge in [0, 0.05) is 19.0 Å². The Hall–Kier alpha value is -2.03. The van der Waals surface area contributed by atoms with Gasteiger partial charge in [0.25, 0.3) is 0 Å². The lowest BCUT2D eigenvalue weighted by atomic mass is 10.1. The highest BCUT2D eigenvalue weighted by atomic mass is 16.5. The fourth-order valence-corrected chi connectivity index (χ4v) is 1.50. The van der Waals surface area contributed by atoms with Crippen LogP contribution in [0, 0.1) is 11.3 Å². The monoisotopic (exact) mass is 210 g/mol. The average Bonchev–Trinajstić information content (AvgIpc) is 2.61. The molecule has 1 heterocycles. The number of hydrogen-bond donors (Lipinski definition) is 1. The Morgan fingerprint density at radius 1 is 1.73 bits per heavy atom. The van der Waals surface area contributed by atoms with Crippen molar-refractivity contribution in [1.82, 2.24) is 4.90 Å². The van der Waals surface area contributed by atoms with Crippen LogP contribution in [0.5, 0.6) is 0 Å². The second-order valence-electron chi connectivity index (χ2n) is 3.09. The van der Waals surface area contributed by atoms with Gasteiger partial charge in [-0.1, -0.05) is 0 Å². The number of amides is 1. The van der Waals surface area contributed by atoms with E-state index in [0.717, 1.165) is 4.90 Å². The number of hydrogen-bond acceptors (Lipinski definition) is 4. The van der Waals surface area contributed by atoms with Crippen LogP contribution in [0.3, 0.4) is 0 Å². The third-order valence-electron chi connectivity index (χ3n) is 2.19. The van der Waals surface area contributed by atoms with Crippen LogP contribution in [0.25, 0.3) is 0 Å². The van der Waals surface area contributed by atoms with Crippen LogP contribution in [-0.2, 0) is 9.53 Å². The molecule has 1 rings (SSSR count). The summed E-state index contributed by atoms with van der Waals surface area (Å²) in [6.45, 7) is 0.0860. The van der Waals surface area contributed by atoms with E-state index >= 15 is 0 Å². The highest BCUT2D eigenvalue weighted by Gasteiger charge is 2.37. The normalized spacial score (nSPS) is 22.5. The average molecular weight is 210 g/mol. The van der Waals surface area contributed by atoms with Crippen molar-refractivity contribution in [3.05, 3.63) is 11.6 Å². The van der Waals surface area contributed by atoms with Crippen molar-refractivity contribution in [3.8, 4) is 6.07 Å². The lowest BCUT2D eigenvalue weighted by molar-refractivity contribution is -0.145. The lowest BCUT2D eigenvalue weighted by Crippen LogP contribution is -2.40. The van der Waals surface area contributed by atoms with Crippen LogP contribution in [0.4, 0.5) is 4.79 Å². The van der Waals surface area contributed by atoms with Crippen molar-refractivity contribution in [2.75, 3.05) is 13.7 Å². The first kappa shape index (κ1) is 11.0. The number of rotatable bonds is 1. The van der Waals surface area contributed by atoms with E-state index in [9.17, 15) is 9.59 Å². The van der Waals surface area contributed by atoms with Crippen molar-refractivity contribution < 1.29 is 19.4 Å². The molecule has 0 bridgehead atoms. The molecule has 1 unspecified atom stereocenters. The summed E-state index contributed by atoms with van der Waals surface area (Å²) in [7, 11) is 1.20. The van der Waals surface area contributed by atoms with Crippen LogP contribution < -0.4 is 0 Å². The summed E-state index contributed by atoms with van der Waals surface area (Å²) in [6.07, 6.45) is 0.303. The molecule has 1 aliphatic rings. The maximum absolute atomic E-state index is 11.2. The maximum Gasteiger partial charge on any atom is 0.408 e. The third kappa shape index (κ3) is 2.26. The van der Waals surface area contributed by atoms with E-state index in [-0.39, 0.29) is 13.0 Å². The number of nitriles is 1. The van der Waals surface area contributed by atoms with Gasteiger partial charge in [-0.3, -0.25) is 4.90 Å². The van der Waals surface area contributed by atoms with E-state index in [4.69, 9.17) is 10.4 Å². The van der Waals surface area contributed by atoms with E-state index < -0.39 is 18.1 Å². The summed E-state index contributed by atoms with van der Waals surface area (Å²) in [5, 5.41) is 17.2. The molecule has 0 aliphatic carbocycles. The Balaban J connectivity index is 2.87. The summed E-state index contributed by atoms with van der Waals surface area (Å²) in [5.41, 5.74) is 0.621. The Morgan fingerprint density at radius 3 is 2.87 bits per heavy atom. The Bertz CT molecular complexity index is 356. The number of nitrogens with zero attached hydrogens (tertiary/aromatic N) is 2. The number of carbonyl (C=O) groups excluding carboxylic acids is 1. The van der Waals surface area contributed by atoms with Gasteiger partial charge in [-0.2, -0.15) is 5.26 Å². The Kier molecular flexibility index (Phi) is 3.29. The molecular weight excluding hydrogens is 200 g/mol. The van der Waals surface area contributed by atoms with Gasteiger partial charge < -0.3 is 9.84 Å². The molecule has 6 nitrogen and oxygen atoms in total. The number of allylic oxidation sites excluding steroid dienone is 1. The van der Waals surface area contributed by atoms with Crippen molar-refractivity contribution in [2.45, 2.75) is 12.5 Å². The number of carboxylic acid groups (broad SMARTS) is 1. The molecule has 1 fully saturated rings. The highest BCUT2D eigenvalue weighted by molar-refractivity contribution is 5.82. The van der Waals surface area contributed by atoms with Gasteiger partial charge in [-0.15, -0.1) is 0 Å². The first-order chi connectivity index (χ1) is 7.10. The maximum atomic E-state index is 11.2. The summed E-state index contributed by atoms with van der Waals surface area (Å²) in [6, 6.07) is 0.986. The molecule has 0 radical (unpaired) electrons. The molecule has 6 heteroatoms. The molecule has 0 aromatic heterocycles. The van der Waals surface area contributed by atoms with Gasteiger partial charge in [-0.25, -0.2) is 9.59 Å². The second kappa shape index (κ2) is 4.46. The number of esters is 1. The molecule has 0 saturated carbocycles. The second-order valence-corrected chi connectivity index (χ2v) is 3.09. The summed E-state index contributed by atoms with van der Waals surface area (Å²) < 4.78 is 4.49. The first-order valence-electron chi connectivity index (χ1n) is 4.25. The molecule has 1 aliphatic heterocycles. The van der Waals surface area contributed by atoms with Gasteiger partial charge in [-0.05, 0) is 5.57 Å². The van der Waals surface area contributed by atoms with Gasteiger partial charge in [0.05, 0.1) is 13.2 Å². The smallest absolute Gasteiger partial charge is 0.408 e. The molecule has 1 amide bonds. The summed E-state index contributed by atoms with van der Waals surface area (Å²) in [4.78, 5) is 23.0. The third-order valence-corrected chi connectivity index (χ3v) is 2.19. The predicted octanol–water partition coefficient (Wildman–Crippen LogP) is 0.362. The molecular formula is C9H10N2O4. The zero-order chi connectivity index (χ0) is 11.4. The SMILES string of the molecule is COC(=O)C1CC(=CC#N)CN1C(=O)O. The van der Waals surface area contributed by atoms with Crippen LogP contribution >= 0.6 is 0 Å². The molecule has 1 saturated heterocycles. The fourth-order valence-electron chi connectivity index (χ4n) is 1.50. The van der Waals surface area contributed by atoms with Gasteiger partial charge in [0.15, 0.2) is 0 Å². The van der Waals surface area contributed by atoms with Crippen molar-refractivity contribution >= 4 is 12.1 Å². The molecule has 0 aromatic rings. The molecule has 1 atom stereocenters. The topological polar surface area (TPSA) is 90.6 Å². The molecule has 15 heavy (non-hydrogen) atoms. The van der Waals surface area contributed by atoms with Gasteiger partial charge in [0.1, 0.15) is 6.04 Å². The minimum absolute atomic E-state index is 0.0860. The standard InChI is InChI=1S/C9H10N2O4/c1-15-8(12)7-4-6(2-3-10)5-11(7)9(13)14/h2,7H,4-5H2,1H3,(H,13,14). The van der Waals surface area contributed by atoms with Crippen molar-refractivity contribution in [1.29, 1.82) is 5.26 Å². The predicted molar refractivity (Wildman–Crippen MR) is 48.8 cm³/mol. The van der Waals surface area contributed by atoms with Crippen LogP contribution in [0.1, 0.15) is 6.42 Å². The van der Waals surface area contributed by atoms with Gasteiger partial charge >= 0.3 is 12.1 Å². The number of carbonyl (C=O) groups is 2. The van der Waals surface area contributed by atoms with E-state index in [2.05, 4.69) is 4.74 Å². The Labute approximate surface area is 86.3 Å². The fraction of sp³-hybridized carbons (Fsp3) is 0.444. The number of methoxy groups -OCH3 is 1. The molecule has 0 spiro atoms. The van der Waals surface area contributed by atoms with Crippen molar-refractivity contribution in [3.63, 3.8) is 0 Å². The van der Waals surface area contributed by atoms with Crippen LogP contribution in [0.15, 0.2) is 11.6 Å². The lowest BCUT2D eigenvalue weighted by Gasteiger charge is -2.17. The zero-order valence-electron chi connectivity index (χ0n) is 8.14. The van der Waals surface area contributed by atoms with E-state index in [0.29, 0.717) is 5.57 Å². The van der Waals surface area contributed by atoms with Crippen molar-refractivity contribution in [2.24, 2.45) is 0 Å². The molecule has 1 N–H and O–H groups in total. The number of likely N-dealkylation sites (tertiary alicyclic amines) is 1. The first-order valence-corrected chi connectivity index (χ1v) is 4.25. The summed E-state index contributed by atoms with van der Waals surface area (Å²) in [5.74, 6) is -0.598. The van der Waals surface area contributed by atoms with Gasteiger partial charge in [0.2, 0.25) is 0 Å². The molecule has 80 valence electrons. The van der Waals surface area contributed by atoms with E-state index in [1.54, 1.807) is 0 Å². The van der Waals surface area contributed by atoms with Crippen LogP contribution in [0.2, 0.25) is 0 Å². The molecule has 0 aromatic carbocycles.